The molecular formula is C18H15Cl. The Balaban J connectivity index is 1.95. The number of halogens is 1. The molecule has 3 aliphatic carbocycles. The van der Waals surface area contributed by atoms with Crippen LogP contribution < -0.4 is 0 Å². The minimum Gasteiger partial charge on any atom is -0.0840 e. The minimum absolute atomic E-state index is 0.927. The molecular weight excluding hydrogens is 252 g/mol. The maximum atomic E-state index is 6.35. The highest BCUT2D eigenvalue weighted by Gasteiger charge is 2.23. The zero-order valence-electron chi connectivity index (χ0n) is 10.7. The van der Waals surface area contributed by atoms with E-state index in [2.05, 4.69) is 42.5 Å². The fraction of sp³-hybridized carbons (Fsp3) is 0.222. The Bertz CT molecular complexity index is 684. The summed E-state index contributed by atoms with van der Waals surface area (Å²) in [7, 11) is 0. The van der Waals surface area contributed by atoms with E-state index in [-0.39, 0.29) is 0 Å². The minimum atomic E-state index is 0.927. The monoisotopic (exact) mass is 266 g/mol. The molecule has 0 heterocycles. The van der Waals surface area contributed by atoms with Crippen molar-refractivity contribution >= 4 is 22.2 Å². The Morgan fingerprint density at radius 3 is 2.79 bits per heavy atom. The third kappa shape index (κ3) is 1.67. The van der Waals surface area contributed by atoms with Crippen molar-refractivity contribution in [2.45, 2.75) is 25.7 Å². The van der Waals surface area contributed by atoms with Crippen molar-refractivity contribution in [1.82, 2.24) is 0 Å². The lowest BCUT2D eigenvalue weighted by Gasteiger charge is -2.27. The zero-order valence-corrected chi connectivity index (χ0v) is 11.5. The molecule has 0 fully saturated rings. The van der Waals surface area contributed by atoms with Crippen LogP contribution in [0.15, 0.2) is 48.1 Å². The molecule has 1 aromatic rings. The lowest BCUT2D eigenvalue weighted by atomic mass is 9.78. The predicted octanol–water partition coefficient (Wildman–Crippen LogP) is 5.04. The van der Waals surface area contributed by atoms with E-state index in [1.807, 2.05) is 0 Å². The molecule has 0 nitrogen and oxygen atoms in total. The van der Waals surface area contributed by atoms with Gasteiger partial charge in [0.1, 0.15) is 0 Å². The molecule has 0 bridgehead atoms. The molecule has 0 aromatic heterocycles. The van der Waals surface area contributed by atoms with Crippen LogP contribution in [0.2, 0.25) is 0 Å². The topological polar surface area (TPSA) is 0 Å². The molecule has 0 aliphatic heterocycles. The Labute approximate surface area is 118 Å². The largest absolute Gasteiger partial charge is 0.0840 e. The highest BCUT2D eigenvalue weighted by atomic mass is 35.5. The van der Waals surface area contributed by atoms with E-state index >= 15 is 0 Å². The highest BCUT2D eigenvalue weighted by molar-refractivity contribution is 6.49. The first-order valence-corrected chi connectivity index (χ1v) is 7.30. The number of rotatable bonds is 0. The van der Waals surface area contributed by atoms with Gasteiger partial charge in [-0.15, -0.1) is 0 Å². The number of hydrogen-bond acceptors (Lipinski definition) is 0. The number of allylic oxidation sites excluding steroid dienone is 7. The Morgan fingerprint density at radius 2 is 1.84 bits per heavy atom. The van der Waals surface area contributed by atoms with Gasteiger partial charge in [0.2, 0.25) is 0 Å². The smallest absolute Gasteiger partial charge is 0.0441 e. The van der Waals surface area contributed by atoms with Crippen molar-refractivity contribution in [3.63, 3.8) is 0 Å². The van der Waals surface area contributed by atoms with E-state index in [0.717, 1.165) is 30.7 Å². The van der Waals surface area contributed by atoms with Crippen molar-refractivity contribution in [3.8, 4) is 0 Å². The van der Waals surface area contributed by atoms with E-state index in [9.17, 15) is 0 Å². The predicted molar refractivity (Wildman–Crippen MR) is 82.1 cm³/mol. The fourth-order valence-electron chi connectivity index (χ4n) is 3.40. The van der Waals surface area contributed by atoms with Crippen LogP contribution in [0.5, 0.6) is 0 Å². The first-order valence-electron chi connectivity index (χ1n) is 6.92. The Kier molecular flexibility index (Phi) is 2.53. The lowest BCUT2D eigenvalue weighted by molar-refractivity contribution is 0.948. The van der Waals surface area contributed by atoms with Crippen molar-refractivity contribution in [2.24, 2.45) is 0 Å². The summed E-state index contributed by atoms with van der Waals surface area (Å²) in [6.07, 6.45) is 15.5. The van der Waals surface area contributed by atoms with Gasteiger partial charge in [0, 0.05) is 5.03 Å². The molecule has 0 unspecified atom stereocenters. The van der Waals surface area contributed by atoms with Crippen molar-refractivity contribution in [2.75, 3.05) is 0 Å². The Hall–Kier alpha value is -1.53. The summed E-state index contributed by atoms with van der Waals surface area (Å²) in [5, 5.41) is 0.927. The zero-order chi connectivity index (χ0) is 12.8. The SMILES string of the molecule is ClC1=CCCc2c1ccc1c2CC=C2CC=CC=C21. The molecule has 1 aromatic carbocycles. The summed E-state index contributed by atoms with van der Waals surface area (Å²) in [6, 6.07) is 4.46. The number of hydrogen-bond donors (Lipinski definition) is 0. The van der Waals surface area contributed by atoms with Crippen LogP contribution in [0.4, 0.5) is 0 Å². The molecule has 0 amide bonds. The lowest BCUT2D eigenvalue weighted by Crippen LogP contribution is -2.10. The van der Waals surface area contributed by atoms with Gasteiger partial charge < -0.3 is 0 Å². The molecule has 94 valence electrons. The standard InChI is InChI=1S/C18H15Cl/c19-18-7-3-6-14-16-9-8-12-4-1-2-5-13(12)15(16)10-11-17(14)18/h1-2,5,7-8,10-11H,3-4,6,9H2. The van der Waals surface area contributed by atoms with Gasteiger partial charge in [-0.05, 0) is 59.1 Å². The molecule has 0 atom stereocenters. The van der Waals surface area contributed by atoms with Gasteiger partial charge in [0.05, 0.1) is 0 Å². The average Bonchev–Trinajstić information content (AvgIpc) is 2.47. The van der Waals surface area contributed by atoms with Gasteiger partial charge in [-0.1, -0.05) is 54.1 Å². The fourth-order valence-corrected chi connectivity index (χ4v) is 3.68. The van der Waals surface area contributed by atoms with Crippen LogP contribution >= 0.6 is 11.6 Å². The molecule has 0 N–H and O–H groups in total. The molecule has 1 heteroatoms. The molecule has 19 heavy (non-hydrogen) atoms. The molecule has 3 aliphatic rings. The van der Waals surface area contributed by atoms with Crippen molar-refractivity contribution in [1.29, 1.82) is 0 Å². The molecule has 0 saturated carbocycles. The second-order valence-corrected chi connectivity index (χ2v) is 5.76. The van der Waals surface area contributed by atoms with Crippen LogP contribution in [0.3, 0.4) is 0 Å². The maximum Gasteiger partial charge on any atom is 0.0441 e. The first kappa shape index (κ1) is 11.3. The highest BCUT2D eigenvalue weighted by Crippen LogP contribution is 2.41. The van der Waals surface area contributed by atoms with Gasteiger partial charge in [-0.3, -0.25) is 0 Å². The summed E-state index contributed by atoms with van der Waals surface area (Å²) >= 11 is 6.35. The van der Waals surface area contributed by atoms with Crippen molar-refractivity contribution in [3.05, 3.63) is 70.3 Å². The normalized spacial score (nSPS) is 19.7. The molecule has 0 radical (unpaired) electrons. The second kappa shape index (κ2) is 4.25. The summed E-state index contributed by atoms with van der Waals surface area (Å²) in [5.74, 6) is 0. The molecule has 4 rings (SSSR count). The van der Waals surface area contributed by atoms with Gasteiger partial charge in [0.15, 0.2) is 0 Å². The summed E-state index contributed by atoms with van der Waals surface area (Å²) in [4.78, 5) is 0. The Morgan fingerprint density at radius 1 is 0.947 bits per heavy atom. The van der Waals surface area contributed by atoms with Crippen molar-refractivity contribution < 1.29 is 0 Å². The quantitative estimate of drug-likeness (QED) is 0.617. The molecule has 0 saturated heterocycles. The molecule has 0 spiro atoms. The van der Waals surface area contributed by atoms with Crippen LogP contribution in [0, 0.1) is 0 Å². The van der Waals surface area contributed by atoms with Crippen LogP contribution in [-0.2, 0) is 12.8 Å². The van der Waals surface area contributed by atoms with Gasteiger partial charge >= 0.3 is 0 Å². The van der Waals surface area contributed by atoms with Gasteiger partial charge in [0.25, 0.3) is 0 Å². The average molecular weight is 267 g/mol. The van der Waals surface area contributed by atoms with E-state index < -0.39 is 0 Å². The van der Waals surface area contributed by atoms with E-state index in [1.54, 1.807) is 0 Å². The van der Waals surface area contributed by atoms with E-state index in [0.29, 0.717) is 0 Å². The van der Waals surface area contributed by atoms with E-state index in [4.69, 9.17) is 11.6 Å². The summed E-state index contributed by atoms with van der Waals surface area (Å²) in [5.41, 5.74) is 8.52. The third-order valence-electron chi connectivity index (χ3n) is 4.33. The number of benzene rings is 1. The van der Waals surface area contributed by atoms with Crippen LogP contribution in [0.1, 0.15) is 35.1 Å². The third-order valence-corrected chi connectivity index (χ3v) is 4.69. The summed E-state index contributed by atoms with van der Waals surface area (Å²) < 4.78 is 0. The van der Waals surface area contributed by atoms with E-state index in [1.165, 1.54) is 33.4 Å². The first-order chi connectivity index (χ1) is 9.34. The van der Waals surface area contributed by atoms with Gasteiger partial charge in [-0.25, -0.2) is 0 Å². The van der Waals surface area contributed by atoms with Crippen LogP contribution in [-0.4, -0.2) is 0 Å². The van der Waals surface area contributed by atoms with Gasteiger partial charge in [-0.2, -0.15) is 0 Å². The van der Waals surface area contributed by atoms with Crippen LogP contribution in [0.25, 0.3) is 10.6 Å². The number of fused-ring (bicyclic) bond motifs is 5. The summed E-state index contributed by atoms with van der Waals surface area (Å²) in [6.45, 7) is 0. The maximum absolute atomic E-state index is 6.35. The second-order valence-electron chi connectivity index (χ2n) is 5.35.